The lowest BCUT2D eigenvalue weighted by Crippen LogP contribution is -2.24. The van der Waals surface area contributed by atoms with Gasteiger partial charge in [0.2, 0.25) is 0 Å². The van der Waals surface area contributed by atoms with E-state index in [-0.39, 0.29) is 0 Å². The summed E-state index contributed by atoms with van der Waals surface area (Å²) in [6.45, 7) is 0. The molecule has 2 aromatic rings. The Kier molecular flexibility index (Phi) is 2.67. The molecule has 1 amide bonds. The molecule has 1 aromatic heterocycles. The highest BCUT2D eigenvalue weighted by Gasteiger charge is 2.33. The molecule has 0 N–H and O–H groups in total. The molecule has 0 aliphatic carbocycles. The lowest BCUT2D eigenvalue weighted by atomic mass is 10.1. The lowest BCUT2D eigenvalue weighted by molar-refractivity contribution is -0.114. The summed E-state index contributed by atoms with van der Waals surface area (Å²) in [6, 6.07) is 5.41. The maximum Gasteiger partial charge on any atom is 0.299 e. The van der Waals surface area contributed by atoms with Gasteiger partial charge in [0.05, 0.1) is 22.3 Å². The smallest absolute Gasteiger partial charge is 0.299 e. The van der Waals surface area contributed by atoms with Crippen LogP contribution in [0.2, 0.25) is 0 Å². The number of aromatic nitrogens is 2. The van der Waals surface area contributed by atoms with Crippen LogP contribution < -0.4 is 4.90 Å². The van der Waals surface area contributed by atoms with E-state index in [0.717, 1.165) is 9.79 Å². The first-order chi connectivity index (χ1) is 9.06. The van der Waals surface area contributed by atoms with E-state index in [1.165, 1.54) is 4.90 Å². The van der Waals surface area contributed by atoms with Gasteiger partial charge in [-0.3, -0.25) is 14.3 Å². The number of benzene rings is 1. The van der Waals surface area contributed by atoms with Crippen molar-refractivity contribution < 1.29 is 9.59 Å². The SMILES string of the molecule is CN1C(=O)C(=O)c2ccc(Sc3cnn(C)c3)cc21. The topological polar surface area (TPSA) is 55.2 Å². The molecule has 0 radical (unpaired) electrons. The second-order valence-corrected chi connectivity index (χ2v) is 5.47. The third-order valence-electron chi connectivity index (χ3n) is 2.99. The van der Waals surface area contributed by atoms with Crippen molar-refractivity contribution in [3.63, 3.8) is 0 Å². The van der Waals surface area contributed by atoms with Gasteiger partial charge in [-0.15, -0.1) is 0 Å². The van der Waals surface area contributed by atoms with Gasteiger partial charge in [0, 0.05) is 25.2 Å². The Bertz CT molecular complexity index is 693. The van der Waals surface area contributed by atoms with E-state index in [2.05, 4.69) is 5.10 Å². The van der Waals surface area contributed by atoms with Crippen LogP contribution in [-0.2, 0) is 11.8 Å². The van der Waals surface area contributed by atoms with Gasteiger partial charge in [0.25, 0.3) is 11.7 Å². The largest absolute Gasteiger partial charge is 0.308 e. The predicted octanol–water partition coefficient (Wildman–Crippen LogP) is 1.73. The van der Waals surface area contributed by atoms with E-state index in [9.17, 15) is 9.59 Å². The van der Waals surface area contributed by atoms with Crippen LogP contribution in [0, 0.1) is 0 Å². The van der Waals surface area contributed by atoms with Crippen LogP contribution in [0.5, 0.6) is 0 Å². The van der Waals surface area contributed by atoms with Crippen LogP contribution in [0.4, 0.5) is 5.69 Å². The minimum atomic E-state index is -0.474. The number of nitrogens with zero attached hydrogens (tertiary/aromatic N) is 3. The summed E-state index contributed by atoms with van der Waals surface area (Å²) in [7, 11) is 3.47. The molecule has 0 saturated carbocycles. The minimum Gasteiger partial charge on any atom is -0.308 e. The first-order valence-electron chi connectivity index (χ1n) is 5.69. The molecule has 3 rings (SSSR count). The highest BCUT2D eigenvalue weighted by molar-refractivity contribution is 7.99. The first kappa shape index (κ1) is 12.0. The zero-order chi connectivity index (χ0) is 13.6. The number of carbonyl (C=O) groups excluding carboxylic acids is 2. The summed E-state index contributed by atoms with van der Waals surface area (Å²) < 4.78 is 1.73. The molecule has 2 heterocycles. The normalized spacial score (nSPS) is 14.1. The number of aryl methyl sites for hydroxylation is 1. The van der Waals surface area contributed by atoms with E-state index in [1.54, 1.807) is 35.8 Å². The first-order valence-corrected chi connectivity index (χ1v) is 6.51. The fourth-order valence-electron chi connectivity index (χ4n) is 2.01. The molecule has 19 heavy (non-hydrogen) atoms. The summed E-state index contributed by atoms with van der Waals surface area (Å²) in [5, 5.41) is 4.10. The van der Waals surface area contributed by atoms with Crippen LogP contribution in [0.1, 0.15) is 10.4 Å². The summed E-state index contributed by atoms with van der Waals surface area (Å²) in [5.41, 5.74) is 1.15. The summed E-state index contributed by atoms with van der Waals surface area (Å²) >= 11 is 1.55. The highest BCUT2D eigenvalue weighted by atomic mass is 32.2. The van der Waals surface area contributed by atoms with Crippen molar-refractivity contribution in [3.8, 4) is 0 Å². The lowest BCUT2D eigenvalue weighted by Gasteiger charge is -2.09. The summed E-state index contributed by atoms with van der Waals surface area (Å²) in [4.78, 5) is 26.6. The molecule has 0 unspecified atom stereocenters. The highest BCUT2D eigenvalue weighted by Crippen LogP contribution is 2.34. The minimum absolute atomic E-state index is 0.435. The number of likely N-dealkylation sites (N-methyl/N-ethyl adjacent to an activating group) is 1. The fourth-order valence-corrected chi connectivity index (χ4v) is 2.89. The standard InChI is InChI=1S/C13H11N3O2S/c1-15-7-9(6-14-15)19-8-3-4-10-11(5-8)16(2)13(18)12(10)17/h3-7H,1-2H3. The van der Waals surface area contributed by atoms with E-state index in [0.29, 0.717) is 11.3 Å². The quantitative estimate of drug-likeness (QED) is 0.782. The average Bonchev–Trinajstić information content (AvgIpc) is 2.89. The van der Waals surface area contributed by atoms with Gasteiger partial charge in [0.1, 0.15) is 0 Å². The molecule has 0 fully saturated rings. The predicted molar refractivity (Wildman–Crippen MR) is 71.5 cm³/mol. The van der Waals surface area contributed by atoms with Crippen LogP contribution >= 0.6 is 11.8 Å². The van der Waals surface area contributed by atoms with Gasteiger partial charge in [-0.05, 0) is 18.2 Å². The van der Waals surface area contributed by atoms with Crippen molar-refractivity contribution >= 4 is 29.1 Å². The number of amides is 1. The molecule has 0 spiro atoms. The molecule has 5 nitrogen and oxygen atoms in total. The van der Waals surface area contributed by atoms with Crippen molar-refractivity contribution in [3.05, 3.63) is 36.2 Å². The number of fused-ring (bicyclic) bond motifs is 1. The van der Waals surface area contributed by atoms with E-state index >= 15 is 0 Å². The molecule has 96 valence electrons. The summed E-state index contributed by atoms with van der Waals surface area (Å²) in [6.07, 6.45) is 3.69. The molecule has 0 atom stereocenters. The molecule has 1 aliphatic rings. The van der Waals surface area contributed by atoms with E-state index in [4.69, 9.17) is 0 Å². The molecule has 0 bridgehead atoms. The van der Waals surface area contributed by atoms with Gasteiger partial charge in [0.15, 0.2) is 0 Å². The Balaban J connectivity index is 1.95. The number of ketones is 1. The summed E-state index contributed by atoms with van der Waals surface area (Å²) in [5.74, 6) is -0.908. The van der Waals surface area contributed by atoms with Gasteiger partial charge in [-0.1, -0.05) is 11.8 Å². The van der Waals surface area contributed by atoms with Gasteiger partial charge in [-0.25, -0.2) is 0 Å². The maximum absolute atomic E-state index is 11.7. The average molecular weight is 273 g/mol. The van der Waals surface area contributed by atoms with E-state index in [1.807, 2.05) is 25.4 Å². The van der Waals surface area contributed by atoms with Crippen molar-refractivity contribution in [1.29, 1.82) is 0 Å². The monoisotopic (exact) mass is 273 g/mol. The van der Waals surface area contributed by atoms with E-state index < -0.39 is 11.7 Å². The Hall–Kier alpha value is -2.08. The third kappa shape index (κ3) is 1.94. The molecule has 6 heteroatoms. The van der Waals surface area contributed by atoms with Gasteiger partial charge in [-0.2, -0.15) is 5.10 Å². The van der Waals surface area contributed by atoms with Crippen LogP contribution in [0.25, 0.3) is 0 Å². The molecular weight excluding hydrogens is 262 g/mol. The maximum atomic E-state index is 11.7. The van der Waals surface area contributed by atoms with Gasteiger partial charge < -0.3 is 4.90 Å². The Labute approximate surface area is 114 Å². The zero-order valence-electron chi connectivity index (χ0n) is 10.5. The Morgan fingerprint density at radius 2 is 1.95 bits per heavy atom. The molecule has 0 saturated heterocycles. The van der Waals surface area contributed by atoms with Crippen molar-refractivity contribution in [2.24, 2.45) is 7.05 Å². The van der Waals surface area contributed by atoms with Crippen molar-refractivity contribution in [2.45, 2.75) is 9.79 Å². The zero-order valence-corrected chi connectivity index (χ0v) is 11.3. The second-order valence-electron chi connectivity index (χ2n) is 4.32. The molecule has 1 aromatic carbocycles. The number of carbonyl (C=O) groups is 2. The van der Waals surface area contributed by atoms with Crippen molar-refractivity contribution in [2.75, 3.05) is 11.9 Å². The second kappa shape index (κ2) is 4.24. The Morgan fingerprint density at radius 3 is 2.63 bits per heavy atom. The Morgan fingerprint density at radius 1 is 1.16 bits per heavy atom. The van der Waals surface area contributed by atoms with Crippen molar-refractivity contribution in [1.82, 2.24) is 9.78 Å². The molecule has 1 aliphatic heterocycles. The number of anilines is 1. The van der Waals surface area contributed by atoms with Gasteiger partial charge >= 0.3 is 0 Å². The number of hydrogen-bond acceptors (Lipinski definition) is 4. The molecular formula is C13H11N3O2S. The van der Waals surface area contributed by atoms with Crippen LogP contribution in [0.15, 0.2) is 40.4 Å². The number of Topliss-reactive ketones (excluding diaryl/α,β-unsaturated/α-hetero) is 1. The number of rotatable bonds is 2. The van der Waals surface area contributed by atoms with Crippen LogP contribution in [0.3, 0.4) is 0 Å². The fraction of sp³-hybridized carbons (Fsp3) is 0.154. The number of hydrogen-bond donors (Lipinski definition) is 0. The third-order valence-corrected chi connectivity index (χ3v) is 3.93. The van der Waals surface area contributed by atoms with Crippen LogP contribution in [-0.4, -0.2) is 28.5 Å².